The molecular weight excluding hydrogens is 308 g/mol. The fraction of sp³-hybridized carbons (Fsp3) is 0.471. The molecule has 1 N–H and O–H groups in total. The molecule has 3 rings (SSSR count). The number of hydrogen-bond donors (Lipinski definition) is 1. The topological polar surface area (TPSA) is 80.5 Å². The van der Waals surface area contributed by atoms with E-state index in [1.165, 1.54) is 0 Å². The molecule has 1 aliphatic rings. The lowest BCUT2D eigenvalue weighted by atomic mass is 10.1. The van der Waals surface area contributed by atoms with E-state index in [1.54, 1.807) is 14.0 Å². The third kappa shape index (κ3) is 3.91. The molecule has 2 heterocycles. The smallest absolute Gasteiger partial charge is 0.251 e. The monoisotopic (exact) mass is 330 g/mol. The quantitative estimate of drug-likeness (QED) is 0.902. The van der Waals surface area contributed by atoms with Crippen LogP contribution in [0.1, 0.15) is 35.0 Å². The number of aromatic nitrogens is 2. The Hall–Kier alpha value is -2.41. The third-order valence-corrected chi connectivity index (χ3v) is 4.24. The normalized spacial score (nSPS) is 15.5. The van der Waals surface area contributed by atoms with Gasteiger partial charge >= 0.3 is 0 Å². The lowest BCUT2D eigenvalue weighted by molar-refractivity contribution is 0.0819. The lowest BCUT2D eigenvalue weighted by Gasteiger charge is -2.33. The molecule has 1 fully saturated rings. The number of nitrogens with zero attached hydrogens (tertiary/aromatic N) is 3. The van der Waals surface area contributed by atoms with Crippen LogP contribution in [0, 0.1) is 6.92 Å². The summed E-state index contributed by atoms with van der Waals surface area (Å²) in [6.45, 7) is 3.89. The first-order valence-electron chi connectivity index (χ1n) is 8.10. The minimum absolute atomic E-state index is 0.157. The highest BCUT2D eigenvalue weighted by molar-refractivity contribution is 5.94. The van der Waals surface area contributed by atoms with Crippen molar-refractivity contribution >= 4 is 11.6 Å². The molecule has 0 radical (unpaired) electrons. The number of piperidine rings is 1. The summed E-state index contributed by atoms with van der Waals surface area (Å²) in [5.74, 6) is 0.731. The van der Waals surface area contributed by atoms with Crippen LogP contribution in [0.25, 0.3) is 0 Å². The number of ether oxygens (including phenoxy) is 1. The summed E-state index contributed by atoms with van der Waals surface area (Å²) >= 11 is 0. The molecule has 1 aliphatic heterocycles. The Morgan fingerprint density at radius 2 is 2.00 bits per heavy atom. The van der Waals surface area contributed by atoms with E-state index in [2.05, 4.69) is 20.4 Å². The Labute approximate surface area is 141 Å². The van der Waals surface area contributed by atoms with Crippen LogP contribution < -0.4 is 10.2 Å². The van der Waals surface area contributed by atoms with Gasteiger partial charge in [0.1, 0.15) is 0 Å². The van der Waals surface area contributed by atoms with E-state index in [1.807, 2.05) is 24.3 Å². The Morgan fingerprint density at radius 1 is 1.29 bits per heavy atom. The van der Waals surface area contributed by atoms with E-state index in [-0.39, 0.29) is 12.5 Å². The summed E-state index contributed by atoms with van der Waals surface area (Å²) < 4.78 is 10.6. The zero-order valence-electron chi connectivity index (χ0n) is 14.0. The van der Waals surface area contributed by atoms with E-state index in [4.69, 9.17) is 9.15 Å². The van der Waals surface area contributed by atoms with Crippen molar-refractivity contribution < 1.29 is 13.9 Å². The molecular formula is C17H22N4O3. The fourth-order valence-electron chi connectivity index (χ4n) is 2.84. The van der Waals surface area contributed by atoms with E-state index in [9.17, 15) is 4.79 Å². The molecule has 0 unspecified atom stereocenters. The maximum Gasteiger partial charge on any atom is 0.251 e. The van der Waals surface area contributed by atoms with Crippen LogP contribution in [0.4, 0.5) is 5.69 Å². The number of aryl methyl sites for hydroxylation is 1. The van der Waals surface area contributed by atoms with Crippen LogP contribution in [0.3, 0.4) is 0 Å². The molecule has 1 amide bonds. The Kier molecular flexibility index (Phi) is 5.10. The van der Waals surface area contributed by atoms with Gasteiger partial charge in [-0.3, -0.25) is 4.79 Å². The number of methoxy groups -OCH3 is 1. The summed E-state index contributed by atoms with van der Waals surface area (Å²) in [6.07, 6.45) is 2.42. The average molecular weight is 330 g/mol. The van der Waals surface area contributed by atoms with E-state index in [0.29, 0.717) is 23.4 Å². The van der Waals surface area contributed by atoms with Crippen LogP contribution in [-0.4, -0.2) is 42.4 Å². The summed E-state index contributed by atoms with van der Waals surface area (Å²) in [7, 11) is 1.77. The standard InChI is InChI=1S/C17H22N4O3/c1-12-19-20-16(24-12)11-18-17(22)13-3-5-14(6-4-13)21-9-7-15(23-2)8-10-21/h3-6,15H,7-11H2,1-2H3,(H,18,22). The molecule has 128 valence electrons. The van der Waals surface area contributed by atoms with Gasteiger partial charge in [-0.15, -0.1) is 10.2 Å². The van der Waals surface area contributed by atoms with Gasteiger partial charge in [0.25, 0.3) is 5.91 Å². The molecule has 0 spiro atoms. The van der Waals surface area contributed by atoms with Crippen LogP contribution in [0.5, 0.6) is 0 Å². The second-order valence-corrected chi connectivity index (χ2v) is 5.87. The van der Waals surface area contributed by atoms with Gasteiger partial charge < -0.3 is 19.4 Å². The molecule has 1 saturated heterocycles. The van der Waals surface area contributed by atoms with E-state index in [0.717, 1.165) is 31.6 Å². The molecule has 0 atom stereocenters. The molecule has 0 saturated carbocycles. The molecule has 1 aromatic carbocycles. The van der Waals surface area contributed by atoms with Gasteiger partial charge in [0.15, 0.2) is 0 Å². The van der Waals surface area contributed by atoms with Gasteiger partial charge in [-0.25, -0.2) is 0 Å². The van der Waals surface area contributed by atoms with Gasteiger partial charge in [0, 0.05) is 38.4 Å². The van der Waals surface area contributed by atoms with Crippen molar-refractivity contribution in [2.75, 3.05) is 25.1 Å². The minimum Gasteiger partial charge on any atom is -0.424 e. The number of amides is 1. The first kappa shape index (κ1) is 16.4. The Balaban J connectivity index is 1.55. The summed E-state index contributed by atoms with van der Waals surface area (Å²) in [6, 6.07) is 7.65. The molecule has 2 aromatic rings. The molecule has 0 bridgehead atoms. The van der Waals surface area contributed by atoms with Gasteiger partial charge in [-0.1, -0.05) is 0 Å². The van der Waals surface area contributed by atoms with Gasteiger partial charge in [0.05, 0.1) is 12.6 Å². The van der Waals surface area contributed by atoms with Crippen molar-refractivity contribution in [3.8, 4) is 0 Å². The van der Waals surface area contributed by atoms with Crippen molar-refractivity contribution in [3.05, 3.63) is 41.6 Å². The number of hydrogen-bond acceptors (Lipinski definition) is 6. The number of anilines is 1. The minimum atomic E-state index is -0.157. The lowest BCUT2D eigenvalue weighted by Crippen LogP contribution is -2.36. The van der Waals surface area contributed by atoms with Crippen LogP contribution in [0.15, 0.2) is 28.7 Å². The molecule has 1 aromatic heterocycles. The summed E-state index contributed by atoms with van der Waals surface area (Å²) in [5.41, 5.74) is 1.75. The zero-order chi connectivity index (χ0) is 16.9. The second kappa shape index (κ2) is 7.44. The van der Waals surface area contributed by atoms with Crippen molar-refractivity contribution in [2.45, 2.75) is 32.4 Å². The van der Waals surface area contributed by atoms with Crippen LogP contribution >= 0.6 is 0 Å². The van der Waals surface area contributed by atoms with E-state index < -0.39 is 0 Å². The molecule has 24 heavy (non-hydrogen) atoms. The summed E-state index contributed by atoms with van der Waals surface area (Å²) in [4.78, 5) is 14.5. The fourth-order valence-corrected chi connectivity index (χ4v) is 2.84. The highest BCUT2D eigenvalue weighted by Gasteiger charge is 2.19. The van der Waals surface area contributed by atoms with Gasteiger partial charge in [-0.05, 0) is 37.1 Å². The predicted octanol–water partition coefficient (Wildman–Crippen LogP) is 1.92. The van der Waals surface area contributed by atoms with E-state index >= 15 is 0 Å². The SMILES string of the molecule is COC1CCN(c2ccc(C(=O)NCc3nnc(C)o3)cc2)CC1. The molecule has 0 aliphatic carbocycles. The van der Waals surface area contributed by atoms with Crippen molar-refractivity contribution in [2.24, 2.45) is 0 Å². The van der Waals surface area contributed by atoms with Crippen molar-refractivity contribution in [1.29, 1.82) is 0 Å². The predicted molar refractivity (Wildman–Crippen MR) is 88.9 cm³/mol. The number of rotatable bonds is 5. The van der Waals surface area contributed by atoms with Crippen LogP contribution in [0.2, 0.25) is 0 Å². The highest BCUT2D eigenvalue weighted by Crippen LogP contribution is 2.21. The third-order valence-electron chi connectivity index (χ3n) is 4.24. The maximum atomic E-state index is 12.2. The second-order valence-electron chi connectivity index (χ2n) is 5.87. The first-order chi connectivity index (χ1) is 11.7. The number of benzene rings is 1. The van der Waals surface area contributed by atoms with Crippen LogP contribution in [-0.2, 0) is 11.3 Å². The van der Waals surface area contributed by atoms with Crippen molar-refractivity contribution in [3.63, 3.8) is 0 Å². The first-order valence-corrected chi connectivity index (χ1v) is 8.10. The Bertz CT molecular complexity index is 675. The highest BCUT2D eigenvalue weighted by atomic mass is 16.5. The summed E-state index contributed by atoms with van der Waals surface area (Å²) in [5, 5.41) is 10.4. The largest absolute Gasteiger partial charge is 0.424 e. The molecule has 7 nitrogen and oxygen atoms in total. The number of carbonyl (C=O) groups excluding carboxylic acids is 1. The number of nitrogens with one attached hydrogen (secondary N) is 1. The Morgan fingerprint density at radius 3 is 2.58 bits per heavy atom. The zero-order valence-corrected chi connectivity index (χ0v) is 14.0. The maximum absolute atomic E-state index is 12.2. The van der Waals surface area contributed by atoms with Crippen molar-refractivity contribution in [1.82, 2.24) is 15.5 Å². The number of carbonyl (C=O) groups is 1. The molecule has 7 heteroatoms. The average Bonchev–Trinajstić information content (AvgIpc) is 3.05. The van der Waals surface area contributed by atoms with Gasteiger partial charge in [-0.2, -0.15) is 0 Å². The van der Waals surface area contributed by atoms with Gasteiger partial charge in [0.2, 0.25) is 11.8 Å².